The Kier molecular flexibility index (Phi) is 16.3. The summed E-state index contributed by atoms with van der Waals surface area (Å²) in [6, 6.07) is 24.3. The minimum atomic E-state index is -1.31. The molecule has 8 heterocycles. The Balaban J connectivity index is 0.000000144. The van der Waals surface area contributed by atoms with Gasteiger partial charge in [-0.05, 0) is 153 Å². The van der Waals surface area contributed by atoms with E-state index in [1.807, 2.05) is 47.2 Å². The third-order valence-electron chi connectivity index (χ3n) is 13.7. The van der Waals surface area contributed by atoms with Crippen LogP contribution < -0.4 is 16.0 Å². The summed E-state index contributed by atoms with van der Waals surface area (Å²) in [6.07, 6.45) is 12.7. The number of anilines is 3. The van der Waals surface area contributed by atoms with E-state index in [9.17, 15) is 34.1 Å². The molecule has 2 saturated carbocycles. The number of amides is 3. The van der Waals surface area contributed by atoms with Gasteiger partial charge in [-0.15, -0.1) is 0 Å². The average molecular weight is 1090 g/mol. The van der Waals surface area contributed by atoms with Gasteiger partial charge in [0.15, 0.2) is 16.9 Å². The number of nitrogens with zero attached hydrogens (tertiary/aromatic N) is 11. The summed E-state index contributed by atoms with van der Waals surface area (Å²) < 4.78 is 18.9. The van der Waals surface area contributed by atoms with E-state index in [2.05, 4.69) is 55.8 Å². The Morgan fingerprint density at radius 2 is 1.00 bits per heavy atom. The van der Waals surface area contributed by atoms with Crippen molar-refractivity contribution in [1.82, 2.24) is 53.6 Å². The SMILES string of the molecule is CC(C)(O)CC(=O)Nc1nc2ccc(Cl)nc2n1-c1ccc(F)cc1.Cc1ccc2nc(NC(=O)C[C@@](C)(O)c3cccnc3)n(C3CCC3)c2n1.Cc1ccc2nc(NC(=O)C[C@](C)(O)c3cccnc3)n(C3CCC3)c2n1. The zero-order valence-corrected chi connectivity index (χ0v) is 45.4. The van der Waals surface area contributed by atoms with E-state index in [-0.39, 0.29) is 48.0 Å². The first-order valence-electron chi connectivity index (χ1n) is 26.0. The summed E-state index contributed by atoms with van der Waals surface area (Å²) >= 11 is 5.97. The molecule has 2 atom stereocenters. The van der Waals surface area contributed by atoms with Crippen molar-refractivity contribution in [2.24, 2.45) is 0 Å². The van der Waals surface area contributed by atoms with E-state index in [4.69, 9.17) is 11.6 Å². The Labute approximate surface area is 459 Å². The number of aromatic nitrogens is 11. The van der Waals surface area contributed by atoms with Crippen molar-refractivity contribution in [1.29, 1.82) is 0 Å². The second kappa shape index (κ2) is 23.1. The molecule has 0 aliphatic heterocycles. The smallest absolute Gasteiger partial charge is 0.229 e. The van der Waals surface area contributed by atoms with E-state index in [1.54, 1.807) is 91.7 Å². The second-order valence-corrected chi connectivity index (χ2v) is 21.5. The number of carbonyl (C=O) groups is 3. The van der Waals surface area contributed by atoms with E-state index in [0.717, 1.165) is 59.4 Å². The molecular formula is C57H62ClFN14O6. The molecule has 2 aliphatic rings. The van der Waals surface area contributed by atoms with Gasteiger partial charge >= 0.3 is 0 Å². The van der Waals surface area contributed by atoms with Gasteiger partial charge in [0, 0.05) is 59.4 Å². The Bertz CT molecular complexity index is 3490. The highest BCUT2D eigenvalue weighted by molar-refractivity contribution is 6.29. The number of nitrogens with one attached hydrogen (secondary N) is 3. The van der Waals surface area contributed by atoms with Gasteiger partial charge in [0.2, 0.25) is 35.6 Å². The van der Waals surface area contributed by atoms with Crippen molar-refractivity contribution in [3.63, 3.8) is 0 Å². The largest absolute Gasteiger partial charge is 0.390 e. The molecule has 11 rings (SSSR count). The molecule has 6 N–H and O–H groups in total. The summed E-state index contributed by atoms with van der Waals surface area (Å²) in [5.41, 5.74) is 3.92. The Hall–Kier alpha value is -8.11. The summed E-state index contributed by atoms with van der Waals surface area (Å²) in [5.74, 6) is -0.165. The van der Waals surface area contributed by atoms with Crippen molar-refractivity contribution >= 4 is 80.7 Å². The molecule has 9 aromatic rings. The fourth-order valence-corrected chi connectivity index (χ4v) is 9.38. The fourth-order valence-electron chi connectivity index (χ4n) is 9.24. The molecule has 8 aromatic heterocycles. The quantitative estimate of drug-likeness (QED) is 0.0554. The van der Waals surface area contributed by atoms with E-state index < -0.39 is 22.7 Å². The number of pyridine rings is 5. The average Bonchev–Trinajstić information content (AvgIpc) is 4.04. The maximum Gasteiger partial charge on any atom is 0.229 e. The molecule has 1 aromatic carbocycles. The van der Waals surface area contributed by atoms with Gasteiger partial charge in [0.25, 0.3) is 0 Å². The molecular weight excluding hydrogens is 1030 g/mol. The van der Waals surface area contributed by atoms with Crippen LogP contribution in [0.5, 0.6) is 0 Å². The monoisotopic (exact) mass is 1090 g/mol. The number of carbonyl (C=O) groups excluding carboxylic acids is 3. The molecule has 0 unspecified atom stereocenters. The van der Waals surface area contributed by atoms with E-state index >= 15 is 0 Å². The summed E-state index contributed by atoms with van der Waals surface area (Å²) in [4.78, 5) is 72.5. The highest BCUT2D eigenvalue weighted by atomic mass is 35.5. The standard InChI is InChI=1S/2C20H23N5O2.C17H16ClFN4O2/c2*1-13-8-9-16-18(22-13)25(15-6-3-7-15)19(23-16)24-17(26)11-20(2,27)14-5-4-10-21-12-14;1-17(2,25)9-14(24)22-16-20-12-7-8-13(18)21-15(12)23(16)11-5-3-10(19)4-6-11/h2*4-5,8-10,12,15,27H,3,6-7,11H2,1-2H3,(H,23,24,26);3-8,25H,9H2,1-2H3,(H,20,22,24)/t2*20-;/m10./s1. The lowest BCUT2D eigenvalue weighted by Crippen LogP contribution is -2.30. The number of halogens is 2. The number of benzene rings is 1. The number of aliphatic hydroxyl groups is 3. The number of hydrogen-bond acceptors (Lipinski definition) is 14. The molecule has 22 heteroatoms. The minimum absolute atomic E-state index is 0.0843. The number of rotatable bonds is 14. The van der Waals surface area contributed by atoms with Crippen molar-refractivity contribution < 1.29 is 34.1 Å². The lowest BCUT2D eigenvalue weighted by atomic mass is 9.93. The lowest BCUT2D eigenvalue weighted by Gasteiger charge is -2.29. The van der Waals surface area contributed by atoms with Crippen LogP contribution >= 0.6 is 11.6 Å². The third kappa shape index (κ3) is 13.3. The van der Waals surface area contributed by atoms with Gasteiger partial charge in [0.1, 0.15) is 27.5 Å². The molecule has 20 nitrogen and oxygen atoms in total. The Morgan fingerprint density at radius 1 is 0.570 bits per heavy atom. The van der Waals surface area contributed by atoms with Crippen molar-refractivity contribution in [2.45, 2.75) is 128 Å². The van der Waals surface area contributed by atoms with Crippen molar-refractivity contribution in [2.75, 3.05) is 16.0 Å². The third-order valence-corrected chi connectivity index (χ3v) is 13.9. The normalized spacial score (nSPS) is 15.1. The molecule has 3 amide bonds. The van der Waals surface area contributed by atoms with Crippen LogP contribution in [0.25, 0.3) is 39.2 Å². The minimum Gasteiger partial charge on any atom is -0.390 e. The van der Waals surface area contributed by atoms with Crippen LogP contribution in [0.2, 0.25) is 5.15 Å². The van der Waals surface area contributed by atoms with Crippen LogP contribution in [-0.4, -0.2) is 92.2 Å². The molecule has 0 saturated heterocycles. The van der Waals surface area contributed by atoms with Crippen LogP contribution in [0, 0.1) is 19.7 Å². The van der Waals surface area contributed by atoms with Gasteiger partial charge in [-0.1, -0.05) is 23.7 Å². The summed E-state index contributed by atoms with van der Waals surface area (Å²) in [5, 5.41) is 39.9. The maximum atomic E-state index is 13.2. The van der Waals surface area contributed by atoms with Crippen LogP contribution in [-0.2, 0) is 25.6 Å². The molecule has 2 fully saturated rings. The number of hydrogen-bond donors (Lipinski definition) is 6. The molecule has 410 valence electrons. The van der Waals surface area contributed by atoms with Gasteiger partial charge < -0.3 is 15.3 Å². The predicted octanol–water partition coefficient (Wildman–Crippen LogP) is 9.50. The Morgan fingerprint density at radius 3 is 1.43 bits per heavy atom. The van der Waals surface area contributed by atoms with Gasteiger partial charge in [0.05, 0.1) is 41.8 Å². The highest BCUT2D eigenvalue weighted by Crippen LogP contribution is 2.39. The van der Waals surface area contributed by atoms with Crippen LogP contribution in [0.1, 0.15) is 120 Å². The van der Waals surface area contributed by atoms with E-state index in [0.29, 0.717) is 52.0 Å². The van der Waals surface area contributed by atoms with Crippen molar-refractivity contribution in [3.8, 4) is 5.69 Å². The molecule has 79 heavy (non-hydrogen) atoms. The van der Waals surface area contributed by atoms with Crippen molar-refractivity contribution in [3.05, 3.63) is 143 Å². The molecule has 0 bridgehead atoms. The number of fused-ring (bicyclic) bond motifs is 3. The molecule has 0 spiro atoms. The summed E-state index contributed by atoms with van der Waals surface area (Å²) in [6.45, 7) is 10.2. The first kappa shape index (κ1) is 55.6. The number of imidazole rings is 3. The number of aryl methyl sites for hydroxylation is 2. The van der Waals surface area contributed by atoms with Crippen LogP contribution in [0.15, 0.2) is 110 Å². The maximum absolute atomic E-state index is 13.2. The van der Waals surface area contributed by atoms with Crippen LogP contribution in [0.3, 0.4) is 0 Å². The van der Waals surface area contributed by atoms with Gasteiger partial charge in [-0.3, -0.25) is 54.0 Å². The highest BCUT2D eigenvalue weighted by Gasteiger charge is 2.32. The van der Waals surface area contributed by atoms with E-state index in [1.165, 1.54) is 38.8 Å². The van der Waals surface area contributed by atoms with Gasteiger partial charge in [-0.25, -0.2) is 34.3 Å². The molecule has 2 aliphatic carbocycles. The second-order valence-electron chi connectivity index (χ2n) is 21.1. The van der Waals surface area contributed by atoms with Gasteiger partial charge in [-0.2, -0.15) is 0 Å². The first-order chi connectivity index (χ1) is 37.6. The predicted molar refractivity (Wildman–Crippen MR) is 298 cm³/mol. The zero-order valence-electron chi connectivity index (χ0n) is 44.7. The van der Waals surface area contributed by atoms with Crippen LogP contribution in [0.4, 0.5) is 22.2 Å². The lowest BCUT2D eigenvalue weighted by molar-refractivity contribution is -0.121. The fraction of sp³-hybridized carbons (Fsp3) is 0.351. The molecule has 0 radical (unpaired) electrons. The topological polar surface area (TPSA) is 266 Å². The zero-order chi connectivity index (χ0) is 56.2. The summed E-state index contributed by atoms with van der Waals surface area (Å²) in [7, 11) is 0. The first-order valence-corrected chi connectivity index (χ1v) is 26.4.